The van der Waals surface area contributed by atoms with Crippen LogP contribution in [0.5, 0.6) is 0 Å². The van der Waals surface area contributed by atoms with E-state index in [9.17, 15) is 13.2 Å². The van der Waals surface area contributed by atoms with Gasteiger partial charge in [0.2, 0.25) is 15.9 Å². The van der Waals surface area contributed by atoms with Gasteiger partial charge in [0.15, 0.2) is 5.76 Å². The Kier molecular flexibility index (Phi) is 5.62. The second kappa shape index (κ2) is 7.67. The molecule has 0 spiro atoms. The van der Waals surface area contributed by atoms with Crippen LogP contribution in [0.1, 0.15) is 34.8 Å². The quantitative estimate of drug-likeness (QED) is 0.750. The van der Waals surface area contributed by atoms with E-state index in [1.165, 1.54) is 4.31 Å². The summed E-state index contributed by atoms with van der Waals surface area (Å²) in [4.78, 5) is 14.7. The maximum Gasteiger partial charge on any atom is 0.248 e. The number of hydrogen-bond acceptors (Lipinski definition) is 6. The van der Waals surface area contributed by atoms with Crippen molar-refractivity contribution in [2.45, 2.75) is 45.4 Å². The molecule has 10 heteroatoms. The second-order valence-electron chi connectivity index (χ2n) is 7.24. The van der Waals surface area contributed by atoms with Gasteiger partial charge in [-0.3, -0.25) is 9.48 Å². The highest BCUT2D eigenvalue weighted by molar-refractivity contribution is 7.89. The van der Waals surface area contributed by atoms with Gasteiger partial charge in [-0.15, -0.1) is 0 Å². The molecule has 9 nitrogen and oxygen atoms in total. The largest absolute Gasteiger partial charge is 0.360 e. The van der Waals surface area contributed by atoms with Crippen molar-refractivity contribution in [2.24, 2.45) is 7.05 Å². The molecule has 2 aromatic heterocycles. The molecule has 0 aromatic carbocycles. The van der Waals surface area contributed by atoms with Gasteiger partial charge in [-0.25, -0.2) is 8.42 Å². The minimum atomic E-state index is -3.70. The molecule has 154 valence electrons. The third kappa shape index (κ3) is 3.70. The monoisotopic (exact) mass is 409 g/mol. The van der Waals surface area contributed by atoms with Gasteiger partial charge < -0.3 is 9.42 Å². The summed E-state index contributed by atoms with van der Waals surface area (Å²) < 4.78 is 34.3. The van der Waals surface area contributed by atoms with Crippen LogP contribution in [0.25, 0.3) is 0 Å². The van der Waals surface area contributed by atoms with E-state index in [0.29, 0.717) is 31.7 Å². The highest BCUT2D eigenvalue weighted by Gasteiger charge is 2.33. The van der Waals surface area contributed by atoms with Gasteiger partial charge in [0.25, 0.3) is 0 Å². The molecule has 0 radical (unpaired) electrons. The van der Waals surface area contributed by atoms with Crippen molar-refractivity contribution in [1.82, 2.24) is 24.1 Å². The summed E-state index contributed by atoms with van der Waals surface area (Å²) in [6.45, 7) is 8.57. The number of hydrogen-bond donors (Lipinski definition) is 0. The van der Waals surface area contributed by atoms with Crippen molar-refractivity contribution >= 4 is 15.9 Å². The average molecular weight is 410 g/mol. The third-order valence-corrected chi connectivity index (χ3v) is 7.50. The maximum absolute atomic E-state index is 13.0. The van der Waals surface area contributed by atoms with Gasteiger partial charge in [-0.05, 0) is 34.1 Å². The topological polar surface area (TPSA) is 102 Å². The van der Waals surface area contributed by atoms with Crippen LogP contribution < -0.4 is 0 Å². The number of aromatic nitrogens is 3. The van der Waals surface area contributed by atoms with Crippen LogP contribution in [0.3, 0.4) is 0 Å². The van der Waals surface area contributed by atoms with Crippen LogP contribution in [0.4, 0.5) is 0 Å². The Balaban J connectivity index is 1.72. The molecule has 2 aromatic rings. The average Bonchev–Trinajstić information content (AvgIpc) is 2.96. The molecule has 0 saturated carbocycles. The Morgan fingerprint density at radius 2 is 1.79 bits per heavy atom. The zero-order valence-electron chi connectivity index (χ0n) is 17.0. The van der Waals surface area contributed by atoms with Gasteiger partial charge in [0.05, 0.1) is 12.1 Å². The lowest BCUT2D eigenvalue weighted by Gasteiger charge is -2.22. The Hall–Kier alpha value is -2.20. The molecule has 1 saturated heterocycles. The number of nitrogens with zero attached hydrogens (tertiary/aromatic N) is 5. The lowest BCUT2D eigenvalue weighted by molar-refractivity contribution is -0.130. The normalized spacial score (nSPS) is 16.4. The Labute approximate surface area is 165 Å². The molecule has 1 aliphatic rings. The molecule has 1 fully saturated rings. The van der Waals surface area contributed by atoms with Crippen LogP contribution in [0.2, 0.25) is 0 Å². The fourth-order valence-electron chi connectivity index (χ4n) is 3.69. The van der Waals surface area contributed by atoms with Crippen LogP contribution in [-0.2, 0) is 28.3 Å². The molecule has 0 unspecified atom stereocenters. The van der Waals surface area contributed by atoms with Crippen LogP contribution in [0.15, 0.2) is 9.42 Å². The molecule has 3 heterocycles. The van der Waals surface area contributed by atoms with Crippen molar-refractivity contribution in [3.05, 3.63) is 28.4 Å². The third-order valence-electron chi connectivity index (χ3n) is 5.36. The first-order valence-electron chi connectivity index (χ1n) is 9.32. The zero-order valence-corrected chi connectivity index (χ0v) is 17.8. The molecule has 0 bridgehead atoms. The Bertz CT molecular complexity index is 973. The van der Waals surface area contributed by atoms with Crippen molar-refractivity contribution in [2.75, 3.05) is 26.2 Å². The summed E-state index contributed by atoms with van der Waals surface area (Å²) in [7, 11) is -1.83. The number of sulfonamides is 1. The van der Waals surface area contributed by atoms with E-state index < -0.39 is 10.0 Å². The summed E-state index contributed by atoms with van der Waals surface area (Å²) in [5, 5.41) is 8.12. The number of carbonyl (C=O) groups is 1. The molecule has 3 rings (SSSR count). The standard InChI is InChI=1S/C18H27N5O4S/c1-12-16(14(3)21(5)19-12)11-17(24)22-7-6-8-23(10-9-22)28(25,26)18-13(2)20-27-15(18)4/h6-11H2,1-5H3. The molecule has 0 N–H and O–H groups in total. The summed E-state index contributed by atoms with van der Waals surface area (Å²) in [6.07, 6.45) is 0.863. The van der Waals surface area contributed by atoms with E-state index in [4.69, 9.17) is 4.52 Å². The highest BCUT2D eigenvalue weighted by atomic mass is 32.2. The molecule has 28 heavy (non-hydrogen) atoms. The molecule has 0 atom stereocenters. The minimum absolute atomic E-state index is 0.00390. The minimum Gasteiger partial charge on any atom is -0.360 e. The van der Waals surface area contributed by atoms with E-state index in [2.05, 4.69) is 10.3 Å². The van der Waals surface area contributed by atoms with Crippen molar-refractivity contribution in [3.8, 4) is 0 Å². The number of amides is 1. The summed E-state index contributed by atoms with van der Waals surface area (Å²) in [5.74, 6) is 0.285. The first-order chi connectivity index (χ1) is 13.1. The molecule has 1 aliphatic heterocycles. The van der Waals surface area contributed by atoms with Gasteiger partial charge in [0.1, 0.15) is 10.6 Å². The zero-order chi connectivity index (χ0) is 20.6. The lowest BCUT2D eigenvalue weighted by atomic mass is 10.1. The second-order valence-corrected chi connectivity index (χ2v) is 9.12. The fraction of sp³-hybridized carbons (Fsp3) is 0.611. The molecule has 1 amide bonds. The first kappa shape index (κ1) is 20.5. The van der Waals surface area contributed by atoms with Crippen LogP contribution in [-0.4, -0.2) is 64.6 Å². The summed E-state index contributed by atoms with van der Waals surface area (Å²) >= 11 is 0. The molecular formula is C18H27N5O4S. The molecule has 0 aliphatic carbocycles. The molecular weight excluding hydrogens is 382 g/mol. The maximum atomic E-state index is 13.0. The number of aryl methyl sites for hydroxylation is 4. The van der Waals surface area contributed by atoms with E-state index in [-0.39, 0.29) is 29.5 Å². The lowest BCUT2D eigenvalue weighted by Crippen LogP contribution is -2.38. The number of carbonyl (C=O) groups excluding carboxylic acids is 1. The Morgan fingerprint density at radius 1 is 1.07 bits per heavy atom. The van der Waals surface area contributed by atoms with Crippen LogP contribution >= 0.6 is 0 Å². The van der Waals surface area contributed by atoms with E-state index in [1.54, 1.807) is 23.4 Å². The van der Waals surface area contributed by atoms with E-state index >= 15 is 0 Å². The van der Waals surface area contributed by atoms with E-state index in [1.807, 2.05) is 20.9 Å². The number of rotatable bonds is 4. The smallest absolute Gasteiger partial charge is 0.248 e. The Morgan fingerprint density at radius 3 is 2.36 bits per heavy atom. The van der Waals surface area contributed by atoms with Crippen LogP contribution in [0, 0.1) is 27.7 Å². The first-order valence-corrected chi connectivity index (χ1v) is 10.8. The van der Waals surface area contributed by atoms with Gasteiger partial charge >= 0.3 is 0 Å². The predicted octanol–water partition coefficient (Wildman–Crippen LogP) is 1.11. The van der Waals surface area contributed by atoms with Crippen molar-refractivity contribution in [1.29, 1.82) is 0 Å². The van der Waals surface area contributed by atoms with Gasteiger partial charge in [-0.2, -0.15) is 9.40 Å². The summed E-state index contributed by atoms with van der Waals surface area (Å²) in [6, 6.07) is 0. The van der Waals surface area contributed by atoms with Crippen molar-refractivity contribution in [3.63, 3.8) is 0 Å². The van der Waals surface area contributed by atoms with Crippen molar-refractivity contribution < 1.29 is 17.7 Å². The summed E-state index contributed by atoms with van der Waals surface area (Å²) in [5.41, 5.74) is 3.13. The predicted molar refractivity (Wildman–Crippen MR) is 102 cm³/mol. The van der Waals surface area contributed by atoms with Gasteiger partial charge in [-0.1, -0.05) is 5.16 Å². The highest BCUT2D eigenvalue weighted by Crippen LogP contribution is 2.24. The van der Waals surface area contributed by atoms with E-state index in [0.717, 1.165) is 17.0 Å². The van der Waals surface area contributed by atoms with Gasteiger partial charge in [0, 0.05) is 44.5 Å². The fourth-order valence-corrected chi connectivity index (χ4v) is 5.45. The SMILES string of the molecule is Cc1nn(C)c(C)c1CC(=O)N1CCCN(S(=O)(=O)c2c(C)noc2C)CC1.